The van der Waals surface area contributed by atoms with Gasteiger partial charge in [0, 0.05) is 17.5 Å². The SMILES string of the molecule is Cc1cc(C(F)(F)F)nn1-c1ccc(-c2cccc(S(C)(=O)=O)c2)cc1-n1nncc1-c1ccc(OC(F)(F)F)cc1. The van der Waals surface area contributed by atoms with Crippen molar-refractivity contribution in [3.63, 3.8) is 0 Å². The molecule has 0 bridgehead atoms. The number of benzene rings is 3. The van der Waals surface area contributed by atoms with Crippen molar-refractivity contribution in [3.8, 4) is 39.5 Å². The Morgan fingerprint density at radius 2 is 1.45 bits per heavy atom. The zero-order chi connectivity index (χ0) is 30.4. The van der Waals surface area contributed by atoms with E-state index in [1.807, 2.05) is 0 Å². The lowest BCUT2D eigenvalue weighted by Crippen LogP contribution is -2.17. The second kappa shape index (κ2) is 10.3. The van der Waals surface area contributed by atoms with Gasteiger partial charge >= 0.3 is 12.5 Å². The lowest BCUT2D eigenvalue weighted by molar-refractivity contribution is -0.274. The summed E-state index contributed by atoms with van der Waals surface area (Å²) in [6, 6.07) is 16.5. The molecular weight excluding hydrogens is 588 g/mol. The second-order valence-corrected chi connectivity index (χ2v) is 11.2. The largest absolute Gasteiger partial charge is 0.573 e. The molecule has 2 heterocycles. The number of sulfone groups is 1. The van der Waals surface area contributed by atoms with E-state index in [-0.39, 0.29) is 27.7 Å². The zero-order valence-electron chi connectivity index (χ0n) is 21.6. The quantitative estimate of drug-likeness (QED) is 0.207. The monoisotopic (exact) mass is 607 g/mol. The van der Waals surface area contributed by atoms with Crippen LogP contribution in [0.15, 0.2) is 83.9 Å². The van der Waals surface area contributed by atoms with Gasteiger partial charge in [-0.15, -0.1) is 18.3 Å². The molecule has 5 rings (SSSR count). The number of alkyl halides is 6. The van der Waals surface area contributed by atoms with Crippen LogP contribution in [0.4, 0.5) is 26.3 Å². The Balaban J connectivity index is 1.69. The van der Waals surface area contributed by atoms with Crippen LogP contribution in [0.1, 0.15) is 11.4 Å². The number of aromatic nitrogens is 5. The smallest absolute Gasteiger partial charge is 0.406 e. The molecule has 2 aromatic heterocycles. The Bertz CT molecular complexity index is 1880. The summed E-state index contributed by atoms with van der Waals surface area (Å²) in [5.74, 6) is -0.453. The fourth-order valence-electron chi connectivity index (χ4n) is 4.25. The van der Waals surface area contributed by atoms with Crippen LogP contribution in [0, 0.1) is 6.92 Å². The molecule has 15 heteroatoms. The third kappa shape index (κ3) is 6.00. The van der Waals surface area contributed by atoms with Gasteiger partial charge in [0.1, 0.15) is 5.75 Å². The number of hydrogen-bond acceptors (Lipinski definition) is 6. The van der Waals surface area contributed by atoms with Crippen molar-refractivity contribution < 1.29 is 39.5 Å². The first-order valence-corrected chi connectivity index (χ1v) is 13.9. The van der Waals surface area contributed by atoms with Crippen LogP contribution in [0.5, 0.6) is 5.75 Å². The molecule has 0 unspecified atom stereocenters. The first-order chi connectivity index (χ1) is 19.6. The van der Waals surface area contributed by atoms with Crippen molar-refractivity contribution in [1.29, 1.82) is 0 Å². The summed E-state index contributed by atoms with van der Waals surface area (Å²) in [4.78, 5) is 0.0611. The van der Waals surface area contributed by atoms with Gasteiger partial charge in [-0.2, -0.15) is 18.3 Å². The summed E-state index contributed by atoms with van der Waals surface area (Å²) >= 11 is 0. The Morgan fingerprint density at radius 1 is 0.786 bits per heavy atom. The second-order valence-electron chi connectivity index (χ2n) is 9.19. The van der Waals surface area contributed by atoms with Crippen molar-refractivity contribution in [2.24, 2.45) is 0 Å². The number of rotatable bonds is 6. The molecule has 0 aliphatic rings. The maximum atomic E-state index is 13.5. The molecule has 5 aromatic rings. The molecule has 218 valence electrons. The molecular formula is C27H19F6N5O3S. The van der Waals surface area contributed by atoms with Crippen LogP contribution < -0.4 is 4.74 Å². The molecule has 0 spiro atoms. The standard InChI is InChI=1S/C27H19F6N5O3S/c1-16-12-25(26(28,29)30)35-37(16)22-11-8-19(18-4-3-5-21(13-18)42(2,39)40)14-23(22)38-24(15-34-36-38)17-6-9-20(10-7-17)41-27(31,32)33/h3-15H,1-2H3. The molecule has 0 saturated carbocycles. The van der Waals surface area contributed by atoms with Gasteiger partial charge in [-0.3, -0.25) is 0 Å². The molecule has 0 fully saturated rings. The fourth-order valence-corrected chi connectivity index (χ4v) is 4.92. The van der Waals surface area contributed by atoms with E-state index < -0.39 is 33.8 Å². The molecule has 0 atom stereocenters. The van der Waals surface area contributed by atoms with Crippen LogP contribution in [-0.2, 0) is 16.0 Å². The highest BCUT2D eigenvalue weighted by atomic mass is 32.2. The Morgan fingerprint density at radius 3 is 2.07 bits per heavy atom. The van der Waals surface area contributed by atoms with E-state index >= 15 is 0 Å². The van der Waals surface area contributed by atoms with E-state index in [9.17, 15) is 34.8 Å². The van der Waals surface area contributed by atoms with E-state index in [0.717, 1.165) is 29.1 Å². The van der Waals surface area contributed by atoms with Crippen molar-refractivity contribution in [3.05, 3.63) is 90.4 Å². The van der Waals surface area contributed by atoms with Crippen molar-refractivity contribution in [2.75, 3.05) is 6.26 Å². The van der Waals surface area contributed by atoms with Gasteiger partial charge in [-0.1, -0.05) is 23.4 Å². The van der Waals surface area contributed by atoms with Crippen molar-refractivity contribution >= 4 is 9.84 Å². The highest BCUT2D eigenvalue weighted by Gasteiger charge is 2.35. The predicted octanol–water partition coefficient (Wildman–Crippen LogP) is 6.42. The van der Waals surface area contributed by atoms with Gasteiger partial charge in [0.25, 0.3) is 0 Å². The Labute approximate surface area is 234 Å². The minimum atomic E-state index is -4.88. The average molecular weight is 608 g/mol. The molecule has 0 radical (unpaired) electrons. The maximum Gasteiger partial charge on any atom is 0.573 e. The van der Waals surface area contributed by atoms with E-state index in [4.69, 9.17) is 0 Å². The summed E-state index contributed by atoms with van der Waals surface area (Å²) in [5, 5.41) is 11.8. The molecule has 0 N–H and O–H groups in total. The average Bonchev–Trinajstić information content (AvgIpc) is 3.54. The van der Waals surface area contributed by atoms with Crippen LogP contribution in [0.25, 0.3) is 33.8 Å². The third-order valence-corrected chi connectivity index (χ3v) is 7.25. The number of hydrogen-bond donors (Lipinski definition) is 0. The third-order valence-electron chi connectivity index (χ3n) is 6.14. The Hall–Kier alpha value is -4.66. The van der Waals surface area contributed by atoms with Gasteiger partial charge in [0.05, 0.1) is 28.2 Å². The maximum absolute atomic E-state index is 13.5. The van der Waals surface area contributed by atoms with E-state index in [0.29, 0.717) is 16.7 Å². The summed E-state index contributed by atoms with van der Waals surface area (Å²) in [5.41, 5.74) is 1.08. The molecule has 8 nitrogen and oxygen atoms in total. The lowest BCUT2D eigenvalue weighted by Gasteiger charge is -2.16. The van der Waals surface area contributed by atoms with E-state index in [2.05, 4.69) is 20.1 Å². The fraction of sp³-hybridized carbons (Fsp3) is 0.148. The molecule has 42 heavy (non-hydrogen) atoms. The topological polar surface area (TPSA) is 91.9 Å². The number of ether oxygens (including phenoxy) is 1. The number of aryl methyl sites for hydroxylation is 1. The van der Waals surface area contributed by atoms with Gasteiger partial charge in [-0.25, -0.2) is 17.8 Å². The minimum Gasteiger partial charge on any atom is -0.406 e. The minimum absolute atomic E-state index is 0.0611. The van der Waals surface area contributed by atoms with Crippen LogP contribution in [-0.4, -0.2) is 45.8 Å². The highest BCUT2D eigenvalue weighted by molar-refractivity contribution is 7.90. The van der Waals surface area contributed by atoms with Gasteiger partial charge in [-0.05, 0) is 72.6 Å². The number of halogens is 6. The van der Waals surface area contributed by atoms with Crippen molar-refractivity contribution in [1.82, 2.24) is 24.8 Å². The molecule has 3 aromatic carbocycles. The first-order valence-electron chi connectivity index (χ1n) is 12.0. The van der Waals surface area contributed by atoms with Crippen LogP contribution >= 0.6 is 0 Å². The lowest BCUT2D eigenvalue weighted by atomic mass is 10.0. The predicted molar refractivity (Wildman–Crippen MR) is 139 cm³/mol. The Kier molecular flexibility index (Phi) is 7.08. The molecule has 0 aliphatic carbocycles. The zero-order valence-corrected chi connectivity index (χ0v) is 22.5. The van der Waals surface area contributed by atoms with E-state index in [1.54, 1.807) is 24.3 Å². The molecule has 0 saturated heterocycles. The van der Waals surface area contributed by atoms with Crippen molar-refractivity contribution in [2.45, 2.75) is 24.4 Å². The van der Waals surface area contributed by atoms with Gasteiger partial charge < -0.3 is 4.74 Å². The van der Waals surface area contributed by atoms with Crippen LogP contribution in [0.3, 0.4) is 0 Å². The number of nitrogens with zero attached hydrogens (tertiary/aromatic N) is 5. The van der Waals surface area contributed by atoms with E-state index in [1.165, 1.54) is 48.1 Å². The molecule has 0 amide bonds. The van der Waals surface area contributed by atoms with Gasteiger partial charge in [0.15, 0.2) is 15.5 Å². The first kappa shape index (κ1) is 28.9. The van der Waals surface area contributed by atoms with Gasteiger partial charge in [0.2, 0.25) is 0 Å². The summed E-state index contributed by atoms with van der Waals surface area (Å²) < 4.78 is 109. The summed E-state index contributed by atoms with van der Waals surface area (Å²) in [6.45, 7) is 1.44. The summed E-state index contributed by atoms with van der Waals surface area (Å²) in [6.07, 6.45) is -7.20. The molecule has 0 aliphatic heterocycles. The highest BCUT2D eigenvalue weighted by Crippen LogP contribution is 2.34. The van der Waals surface area contributed by atoms with Crippen LogP contribution in [0.2, 0.25) is 0 Å². The summed E-state index contributed by atoms with van der Waals surface area (Å²) in [7, 11) is -3.54. The normalized spacial score (nSPS) is 12.5.